The zero-order valence-corrected chi connectivity index (χ0v) is 19.1. The number of halogens is 1. The van der Waals surface area contributed by atoms with E-state index in [1.807, 2.05) is 37.3 Å². The Hall–Kier alpha value is -4.74. The van der Waals surface area contributed by atoms with Gasteiger partial charge in [0, 0.05) is 6.42 Å². The fourth-order valence-corrected chi connectivity index (χ4v) is 3.50. The molecule has 0 spiro atoms. The fraction of sp³-hybridized carbons (Fsp3) is 0.174. The largest absolute Gasteiger partial charge is 0.383 e. The first-order chi connectivity index (χ1) is 16.9. The van der Waals surface area contributed by atoms with Crippen LogP contribution in [0, 0.1) is 5.82 Å². The van der Waals surface area contributed by atoms with E-state index in [-0.39, 0.29) is 22.6 Å². The highest BCUT2D eigenvalue weighted by atomic mass is 19.1. The molecule has 0 radical (unpaired) electrons. The molecule has 0 aliphatic carbocycles. The molecule has 11 nitrogen and oxygen atoms in total. The van der Waals surface area contributed by atoms with Crippen LogP contribution in [0.15, 0.2) is 59.7 Å². The summed E-state index contributed by atoms with van der Waals surface area (Å²) in [6.07, 6.45) is 2.81. The molecule has 5 aromatic rings. The van der Waals surface area contributed by atoms with Crippen molar-refractivity contribution in [2.45, 2.75) is 19.8 Å². The second-order valence-electron chi connectivity index (χ2n) is 7.51. The Morgan fingerprint density at radius 1 is 1.00 bits per heavy atom. The van der Waals surface area contributed by atoms with Crippen molar-refractivity contribution in [2.24, 2.45) is 7.05 Å². The number of para-hydroxylation sites is 1. The maximum absolute atomic E-state index is 14.0. The van der Waals surface area contributed by atoms with Crippen LogP contribution in [-0.4, -0.2) is 39.7 Å². The van der Waals surface area contributed by atoms with Gasteiger partial charge in [-0.25, -0.2) is 19.3 Å². The second-order valence-corrected chi connectivity index (χ2v) is 7.51. The predicted molar refractivity (Wildman–Crippen MR) is 130 cm³/mol. The van der Waals surface area contributed by atoms with Crippen LogP contribution >= 0.6 is 0 Å². The van der Waals surface area contributed by atoms with Gasteiger partial charge in [-0.15, -0.1) is 10.2 Å². The van der Waals surface area contributed by atoms with Crippen molar-refractivity contribution in [1.29, 1.82) is 0 Å². The van der Waals surface area contributed by atoms with Crippen molar-refractivity contribution in [3.05, 3.63) is 76.9 Å². The highest BCUT2D eigenvalue weighted by Crippen LogP contribution is 2.24. The summed E-state index contributed by atoms with van der Waals surface area (Å²) >= 11 is 0. The van der Waals surface area contributed by atoms with Gasteiger partial charge < -0.3 is 11.5 Å². The Kier molecular flexibility index (Phi) is 6.71. The minimum absolute atomic E-state index is 0.0428. The fourth-order valence-electron chi connectivity index (χ4n) is 3.50. The van der Waals surface area contributed by atoms with E-state index in [0.717, 1.165) is 6.42 Å². The van der Waals surface area contributed by atoms with Crippen LogP contribution in [0.25, 0.3) is 28.0 Å². The molecule has 0 fully saturated rings. The lowest BCUT2D eigenvalue weighted by atomic mass is 10.2. The van der Waals surface area contributed by atoms with Gasteiger partial charge in [0.05, 0.1) is 18.3 Å². The standard InChI is InChI=1S/C17H15FN2O.C6H8N8/c1-2-7-15-19-14-11-6-10-13(18)16(14)17(21)20(15)12-8-4-3-5-9-12;1-14-12-6(11-13-14)3-4(7)9-2-10-5(3)8/h3-6,8-11H,2,7H2,1H3;2H,1H3,(H4,7,8,9,10). The average Bonchev–Trinajstić information content (AvgIpc) is 3.26. The maximum atomic E-state index is 14.0. The number of rotatable bonds is 4. The van der Waals surface area contributed by atoms with Crippen molar-refractivity contribution in [3.8, 4) is 17.1 Å². The molecule has 178 valence electrons. The Balaban J connectivity index is 0.000000179. The first-order valence-corrected chi connectivity index (χ1v) is 10.8. The molecule has 0 aliphatic heterocycles. The molecular weight excluding hydrogens is 451 g/mol. The lowest BCUT2D eigenvalue weighted by molar-refractivity contribution is 0.630. The van der Waals surface area contributed by atoms with Crippen LogP contribution in [-0.2, 0) is 13.5 Å². The quantitative estimate of drug-likeness (QED) is 0.399. The summed E-state index contributed by atoms with van der Waals surface area (Å²) in [6.45, 7) is 2.03. The molecule has 0 aliphatic rings. The van der Waals surface area contributed by atoms with Gasteiger partial charge in [-0.2, -0.15) is 4.80 Å². The van der Waals surface area contributed by atoms with Gasteiger partial charge >= 0.3 is 0 Å². The molecule has 0 amide bonds. The smallest absolute Gasteiger partial charge is 0.268 e. The van der Waals surface area contributed by atoms with E-state index >= 15 is 0 Å². The van der Waals surface area contributed by atoms with Crippen LogP contribution in [0.4, 0.5) is 16.0 Å². The summed E-state index contributed by atoms with van der Waals surface area (Å²) in [6, 6.07) is 13.8. The van der Waals surface area contributed by atoms with Crippen molar-refractivity contribution in [1.82, 2.24) is 39.7 Å². The van der Waals surface area contributed by atoms with Crippen molar-refractivity contribution >= 4 is 22.5 Å². The number of benzene rings is 2. The zero-order valence-electron chi connectivity index (χ0n) is 19.1. The molecular formula is C23H23FN10O. The molecule has 0 saturated carbocycles. The zero-order chi connectivity index (χ0) is 24.9. The molecule has 2 aromatic carbocycles. The van der Waals surface area contributed by atoms with Crippen molar-refractivity contribution in [2.75, 3.05) is 11.5 Å². The maximum Gasteiger partial charge on any atom is 0.268 e. The van der Waals surface area contributed by atoms with E-state index in [0.29, 0.717) is 34.8 Å². The molecule has 0 saturated heterocycles. The van der Waals surface area contributed by atoms with Gasteiger partial charge in [-0.05, 0) is 35.9 Å². The van der Waals surface area contributed by atoms with Crippen molar-refractivity contribution < 1.29 is 4.39 Å². The Morgan fingerprint density at radius 2 is 1.71 bits per heavy atom. The third-order valence-corrected chi connectivity index (χ3v) is 5.04. The van der Waals surface area contributed by atoms with Gasteiger partial charge in [-0.3, -0.25) is 9.36 Å². The SMILES string of the molecule is CCCc1nc2cccc(F)c2c(=O)n1-c1ccccc1.Cn1nnc(-c2c(N)ncnc2N)n1. The van der Waals surface area contributed by atoms with E-state index in [1.54, 1.807) is 19.2 Å². The number of nitrogens with two attached hydrogens (primary N) is 2. The lowest BCUT2D eigenvalue weighted by Crippen LogP contribution is -2.24. The highest BCUT2D eigenvalue weighted by molar-refractivity contribution is 5.79. The number of aryl methyl sites for hydroxylation is 2. The topological polar surface area (TPSA) is 156 Å². The third kappa shape index (κ3) is 4.81. The van der Waals surface area contributed by atoms with Crippen LogP contribution in [0.1, 0.15) is 19.2 Å². The number of hydrogen-bond acceptors (Lipinski definition) is 9. The number of nitrogens with zero attached hydrogens (tertiary/aromatic N) is 8. The van der Waals surface area contributed by atoms with Gasteiger partial charge in [0.25, 0.3) is 5.56 Å². The molecule has 5 rings (SSSR count). The number of nitrogen functional groups attached to an aromatic ring is 2. The number of tetrazole rings is 1. The Labute approximate surface area is 199 Å². The van der Waals surface area contributed by atoms with E-state index in [9.17, 15) is 9.18 Å². The minimum Gasteiger partial charge on any atom is -0.383 e. The Bertz CT molecular complexity index is 1510. The summed E-state index contributed by atoms with van der Waals surface area (Å²) in [5.74, 6) is 0.934. The molecule has 35 heavy (non-hydrogen) atoms. The van der Waals surface area contributed by atoms with E-state index in [2.05, 4.69) is 30.4 Å². The van der Waals surface area contributed by atoms with Gasteiger partial charge in [-0.1, -0.05) is 31.2 Å². The Morgan fingerprint density at radius 3 is 2.34 bits per heavy atom. The normalized spacial score (nSPS) is 10.7. The summed E-state index contributed by atoms with van der Waals surface area (Å²) in [7, 11) is 1.65. The number of hydrogen-bond donors (Lipinski definition) is 2. The van der Waals surface area contributed by atoms with Crippen LogP contribution in [0.3, 0.4) is 0 Å². The lowest BCUT2D eigenvalue weighted by Gasteiger charge is -2.13. The summed E-state index contributed by atoms with van der Waals surface area (Å²) in [5, 5.41) is 11.4. The monoisotopic (exact) mass is 474 g/mol. The molecule has 3 heterocycles. The van der Waals surface area contributed by atoms with Gasteiger partial charge in [0.1, 0.15) is 40.6 Å². The van der Waals surface area contributed by atoms with Crippen LogP contribution in [0.5, 0.6) is 0 Å². The van der Waals surface area contributed by atoms with E-state index < -0.39 is 5.82 Å². The highest BCUT2D eigenvalue weighted by Gasteiger charge is 2.15. The average molecular weight is 475 g/mol. The predicted octanol–water partition coefficient (Wildman–Crippen LogP) is 2.31. The minimum atomic E-state index is -0.530. The van der Waals surface area contributed by atoms with Crippen molar-refractivity contribution in [3.63, 3.8) is 0 Å². The van der Waals surface area contributed by atoms with E-state index in [1.165, 1.54) is 21.8 Å². The first-order valence-electron chi connectivity index (χ1n) is 10.8. The van der Waals surface area contributed by atoms with Crippen LogP contribution < -0.4 is 17.0 Å². The third-order valence-electron chi connectivity index (χ3n) is 5.04. The summed E-state index contributed by atoms with van der Waals surface area (Å²) in [4.78, 5) is 26.1. The molecule has 12 heteroatoms. The van der Waals surface area contributed by atoms with Gasteiger partial charge in [0.2, 0.25) is 5.82 Å². The second kappa shape index (κ2) is 10.0. The number of fused-ring (bicyclic) bond motifs is 1. The van der Waals surface area contributed by atoms with Gasteiger partial charge in [0.15, 0.2) is 0 Å². The molecule has 0 atom stereocenters. The first kappa shape index (κ1) is 23.4. The summed E-state index contributed by atoms with van der Waals surface area (Å²) < 4.78 is 15.5. The molecule has 3 aromatic heterocycles. The number of aromatic nitrogens is 8. The molecule has 4 N–H and O–H groups in total. The van der Waals surface area contributed by atoms with Crippen LogP contribution in [0.2, 0.25) is 0 Å². The molecule has 0 bridgehead atoms. The summed E-state index contributed by atoms with van der Waals surface area (Å²) in [5.41, 5.74) is 12.4. The van der Waals surface area contributed by atoms with E-state index in [4.69, 9.17) is 11.5 Å². The molecule has 0 unspecified atom stereocenters. The number of anilines is 2.